The number of hydrogen-bond acceptors (Lipinski definition) is 5. The fraction of sp³-hybridized carbons (Fsp3) is 0.400. The van der Waals surface area contributed by atoms with Crippen LogP contribution in [0.4, 0.5) is 5.69 Å². The number of nitrogens with zero attached hydrogens (tertiary/aromatic N) is 1. The Kier molecular flexibility index (Phi) is 2.67. The SMILES string of the molecule is NNc1c2c(nc3cc4c(cc13)OCCCO4)CCC2. The lowest BCUT2D eigenvalue weighted by Crippen LogP contribution is -2.11. The zero-order valence-electron chi connectivity index (χ0n) is 11.2. The molecule has 2 aromatic rings. The number of ether oxygens (including phenoxy) is 2. The van der Waals surface area contributed by atoms with Crippen molar-refractivity contribution in [3.05, 3.63) is 23.4 Å². The molecule has 2 aliphatic rings. The summed E-state index contributed by atoms with van der Waals surface area (Å²) in [6, 6.07) is 3.96. The molecule has 0 saturated carbocycles. The normalized spacial score (nSPS) is 16.9. The lowest BCUT2D eigenvalue weighted by atomic mass is 10.1. The number of hydrazine groups is 1. The van der Waals surface area contributed by atoms with Crippen LogP contribution < -0.4 is 20.7 Å². The van der Waals surface area contributed by atoms with Crippen LogP contribution in [0.1, 0.15) is 24.1 Å². The molecule has 5 heteroatoms. The first-order valence-corrected chi connectivity index (χ1v) is 7.08. The van der Waals surface area contributed by atoms with Gasteiger partial charge in [0, 0.05) is 23.6 Å². The number of pyridine rings is 1. The third kappa shape index (κ3) is 1.70. The molecule has 2 heterocycles. The second-order valence-electron chi connectivity index (χ2n) is 5.28. The van der Waals surface area contributed by atoms with E-state index in [2.05, 4.69) is 5.43 Å². The van der Waals surface area contributed by atoms with Crippen LogP contribution in [-0.2, 0) is 12.8 Å². The zero-order valence-corrected chi connectivity index (χ0v) is 11.2. The Bertz CT molecular complexity index is 685. The smallest absolute Gasteiger partial charge is 0.163 e. The van der Waals surface area contributed by atoms with Crippen LogP contribution in [0, 0.1) is 0 Å². The molecule has 1 aromatic carbocycles. The fourth-order valence-corrected chi connectivity index (χ4v) is 3.08. The van der Waals surface area contributed by atoms with Crippen molar-refractivity contribution in [3.63, 3.8) is 0 Å². The van der Waals surface area contributed by atoms with Crippen LogP contribution >= 0.6 is 0 Å². The van der Waals surface area contributed by atoms with Crippen LogP contribution in [0.3, 0.4) is 0 Å². The van der Waals surface area contributed by atoms with E-state index in [-0.39, 0.29) is 0 Å². The minimum atomic E-state index is 0.683. The van der Waals surface area contributed by atoms with Crippen LogP contribution in [0.25, 0.3) is 10.9 Å². The molecule has 1 aromatic heterocycles. The third-order valence-electron chi connectivity index (χ3n) is 4.03. The van der Waals surface area contributed by atoms with Gasteiger partial charge in [-0.05, 0) is 30.9 Å². The molecular formula is C15H17N3O2. The maximum atomic E-state index is 5.75. The summed E-state index contributed by atoms with van der Waals surface area (Å²) in [4.78, 5) is 4.77. The summed E-state index contributed by atoms with van der Waals surface area (Å²) >= 11 is 0. The molecule has 104 valence electrons. The van der Waals surface area contributed by atoms with E-state index < -0.39 is 0 Å². The number of fused-ring (bicyclic) bond motifs is 3. The summed E-state index contributed by atoms with van der Waals surface area (Å²) in [5.41, 5.74) is 7.16. The summed E-state index contributed by atoms with van der Waals surface area (Å²) in [5, 5.41) is 1.01. The zero-order chi connectivity index (χ0) is 13.5. The van der Waals surface area contributed by atoms with Crippen molar-refractivity contribution in [3.8, 4) is 11.5 Å². The van der Waals surface area contributed by atoms with Gasteiger partial charge in [-0.15, -0.1) is 0 Å². The molecule has 5 nitrogen and oxygen atoms in total. The molecule has 3 N–H and O–H groups in total. The highest BCUT2D eigenvalue weighted by molar-refractivity contribution is 5.95. The van der Waals surface area contributed by atoms with Gasteiger partial charge in [0.25, 0.3) is 0 Å². The van der Waals surface area contributed by atoms with E-state index in [4.69, 9.17) is 20.3 Å². The topological polar surface area (TPSA) is 69.4 Å². The standard InChI is InChI=1S/C15H17N3O2/c16-18-15-9-3-1-4-11(9)17-12-8-14-13(7-10(12)15)19-5-2-6-20-14/h7-8H,1-6,16H2,(H,17,18). The van der Waals surface area contributed by atoms with Crippen LogP contribution in [0.15, 0.2) is 12.1 Å². The molecule has 0 spiro atoms. The van der Waals surface area contributed by atoms with Gasteiger partial charge in [0.2, 0.25) is 0 Å². The van der Waals surface area contributed by atoms with Crippen LogP contribution in [-0.4, -0.2) is 18.2 Å². The Labute approximate surface area is 117 Å². The molecule has 0 radical (unpaired) electrons. The maximum absolute atomic E-state index is 5.75. The Hall–Kier alpha value is -2.01. The monoisotopic (exact) mass is 271 g/mol. The van der Waals surface area contributed by atoms with E-state index in [9.17, 15) is 0 Å². The van der Waals surface area contributed by atoms with Gasteiger partial charge in [-0.3, -0.25) is 10.8 Å². The fourth-order valence-electron chi connectivity index (χ4n) is 3.08. The highest BCUT2D eigenvalue weighted by atomic mass is 16.5. The van der Waals surface area contributed by atoms with E-state index in [1.807, 2.05) is 12.1 Å². The van der Waals surface area contributed by atoms with Gasteiger partial charge in [0.05, 0.1) is 24.4 Å². The molecule has 0 fully saturated rings. The number of rotatable bonds is 1. The van der Waals surface area contributed by atoms with E-state index in [0.29, 0.717) is 13.2 Å². The first-order valence-electron chi connectivity index (χ1n) is 7.08. The number of aromatic nitrogens is 1. The highest BCUT2D eigenvalue weighted by Gasteiger charge is 2.21. The number of nitrogens with one attached hydrogen (secondary N) is 1. The molecule has 0 unspecified atom stereocenters. The molecule has 20 heavy (non-hydrogen) atoms. The van der Waals surface area contributed by atoms with Crippen molar-refractivity contribution in [2.24, 2.45) is 5.84 Å². The van der Waals surface area contributed by atoms with Crippen LogP contribution in [0.5, 0.6) is 11.5 Å². The second kappa shape index (κ2) is 4.52. The van der Waals surface area contributed by atoms with Crippen LogP contribution in [0.2, 0.25) is 0 Å². The molecule has 4 rings (SSSR count). The van der Waals surface area contributed by atoms with Gasteiger partial charge in [-0.2, -0.15) is 0 Å². The first-order chi connectivity index (χ1) is 9.86. The van der Waals surface area contributed by atoms with Gasteiger partial charge < -0.3 is 14.9 Å². The summed E-state index contributed by atoms with van der Waals surface area (Å²) in [6.45, 7) is 1.37. The summed E-state index contributed by atoms with van der Waals surface area (Å²) < 4.78 is 11.5. The second-order valence-corrected chi connectivity index (χ2v) is 5.28. The van der Waals surface area contributed by atoms with Crippen molar-refractivity contribution in [1.29, 1.82) is 0 Å². The van der Waals surface area contributed by atoms with Gasteiger partial charge >= 0.3 is 0 Å². The Morgan fingerprint density at radius 1 is 1.05 bits per heavy atom. The number of anilines is 1. The molecular weight excluding hydrogens is 254 g/mol. The predicted molar refractivity (Wildman–Crippen MR) is 77.2 cm³/mol. The largest absolute Gasteiger partial charge is 0.490 e. The molecule has 0 atom stereocenters. The van der Waals surface area contributed by atoms with Crippen molar-refractivity contribution in [2.45, 2.75) is 25.7 Å². The Balaban J connectivity index is 1.99. The van der Waals surface area contributed by atoms with Gasteiger partial charge in [-0.1, -0.05) is 0 Å². The molecule has 0 saturated heterocycles. The molecule has 1 aliphatic heterocycles. The quantitative estimate of drug-likeness (QED) is 0.614. The highest BCUT2D eigenvalue weighted by Crippen LogP contribution is 2.39. The summed E-state index contributed by atoms with van der Waals surface area (Å²) in [7, 11) is 0. The van der Waals surface area contributed by atoms with Crippen molar-refractivity contribution >= 4 is 16.6 Å². The number of aryl methyl sites for hydroxylation is 1. The van der Waals surface area contributed by atoms with Gasteiger partial charge in [-0.25, -0.2) is 0 Å². The number of nitrogen functional groups attached to an aromatic ring is 1. The van der Waals surface area contributed by atoms with Gasteiger partial charge in [0.1, 0.15) is 0 Å². The number of benzene rings is 1. The average Bonchev–Trinajstić information content (AvgIpc) is 2.80. The third-order valence-corrected chi connectivity index (χ3v) is 4.03. The molecule has 0 bridgehead atoms. The molecule has 0 amide bonds. The maximum Gasteiger partial charge on any atom is 0.163 e. The minimum Gasteiger partial charge on any atom is -0.490 e. The average molecular weight is 271 g/mol. The van der Waals surface area contributed by atoms with E-state index in [1.54, 1.807) is 0 Å². The van der Waals surface area contributed by atoms with E-state index in [1.165, 1.54) is 5.56 Å². The van der Waals surface area contributed by atoms with Crippen molar-refractivity contribution < 1.29 is 9.47 Å². The van der Waals surface area contributed by atoms with E-state index >= 15 is 0 Å². The Morgan fingerprint density at radius 2 is 1.85 bits per heavy atom. The van der Waals surface area contributed by atoms with Crippen molar-refractivity contribution in [2.75, 3.05) is 18.6 Å². The number of nitrogens with two attached hydrogens (primary N) is 1. The lowest BCUT2D eigenvalue weighted by Gasteiger charge is -2.14. The lowest BCUT2D eigenvalue weighted by molar-refractivity contribution is 0.297. The minimum absolute atomic E-state index is 0.683. The predicted octanol–water partition coefficient (Wildman–Crippen LogP) is 2.17. The molecule has 1 aliphatic carbocycles. The summed E-state index contributed by atoms with van der Waals surface area (Å²) in [6.07, 6.45) is 4.09. The first kappa shape index (κ1) is 11.8. The van der Waals surface area contributed by atoms with Gasteiger partial charge in [0.15, 0.2) is 11.5 Å². The summed E-state index contributed by atoms with van der Waals surface area (Å²) in [5.74, 6) is 7.31. The van der Waals surface area contributed by atoms with Crippen molar-refractivity contribution in [1.82, 2.24) is 4.98 Å². The number of hydrogen-bond donors (Lipinski definition) is 2. The van der Waals surface area contributed by atoms with E-state index in [0.717, 1.165) is 59.5 Å². The Morgan fingerprint density at radius 3 is 2.65 bits per heavy atom.